The highest BCUT2D eigenvalue weighted by Gasteiger charge is 2.37. The van der Waals surface area contributed by atoms with Gasteiger partial charge in [-0.05, 0) is 30.9 Å². The summed E-state index contributed by atoms with van der Waals surface area (Å²) in [5.41, 5.74) is 0.247. The number of anilines is 1. The number of hydrogen-bond acceptors (Lipinski definition) is 6. The van der Waals surface area contributed by atoms with Gasteiger partial charge in [-0.3, -0.25) is 4.79 Å². The first-order valence-electron chi connectivity index (χ1n) is 9.60. The molecule has 8 nitrogen and oxygen atoms in total. The fraction of sp³-hybridized carbons (Fsp3) is 0.350. The predicted octanol–water partition coefficient (Wildman–Crippen LogP) is 3.20. The molecule has 156 valence electrons. The number of hydrogen-bond donors (Lipinski definition) is 1. The first-order valence-corrected chi connectivity index (χ1v) is 9.98. The Kier molecular flexibility index (Phi) is 5.63. The molecular weight excluding hydrogens is 409 g/mol. The molecule has 10 heteroatoms. The van der Waals surface area contributed by atoms with E-state index in [9.17, 15) is 9.18 Å². The van der Waals surface area contributed by atoms with Crippen molar-refractivity contribution in [1.82, 2.24) is 29.9 Å². The van der Waals surface area contributed by atoms with Crippen LogP contribution in [0.3, 0.4) is 0 Å². The van der Waals surface area contributed by atoms with Crippen LogP contribution >= 0.6 is 11.6 Å². The van der Waals surface area contributed by atoms with Gasteiger partial charge in [0.25, 0.3) is 5.91 Å². The number of nitrogens with one attached hydrogen (secondary N) is 1. The van der Waals surface area contributed by atoms with E-state index in [0.29, 0.717) is 16.9 Å². The highest BCUT2D eigenvalue weighted by Crippen LogP contribution is 2.32. The number of aromatic nitrogens is 5. The Morgan fingerprint density at radius 3 is 2.70 bits per heavy atom. The van der Waals surface area contributed by atoms with Gasteiger partial charge >= 0.3 is 0 Å². The molecule has 1 aliphatic carbocycles. The topological polar surface area (TPSA) is 88.8 Å². The minimum Gasteiger partial charge on any atom is -0.364 e. The van der Waals surface area contributed by atoms with Crippen molar-refractivity contribution < 1.29 is 9.18 Å². The Hall–Kier alpha value is -3.07. The molecule has 1 fully saturated rings. The summed E-state index contributed by atoms with van der Waals surface area (Å²) in [7, 11) is 1.73. The molecule has 3 unspecified atom stereocenters. The Balaban J connectivity index is 1.60. The van der Waals surface area contributed by atoms with Crippen LogP contribution in [0, 0.1) is 11.7 Å². The molecule has 3 atom stereocenters. The molecular formula is C20H21ClFN7O. The first-order chi connectivity index (χ1) is 14.4. The maximum Gasteiger partial charge on any atom is 0.256 e. The fourth-order valence-corrected chi connectivity index (χ4v) is 4.08. The number of amides is 1. The zero-order valence-corrected chi connectivity index (χ0v) is 17.3. The normalized spacial score (nSPS) is 20.9. The monoisotopic (exact) mass is 429 g/mol. The molecule has 3 aromatic rings. The number of carbonyl (C=O) groups excluding carboxylic acids is 1. The number of carbonyl (C=O) groups is 1. The van der Waals surface area contributed by atoms with Crippen molar-refractivity contribution in [3.8, 4) is 5.69 Å². The second-order valence-corrected chi connectivity index (χ2v) is 7.88. The molecule has 1 N–H and O–H groups in total. The van der Waals surface area contributed by atoms with Crippen molar-refractivity contribution in [2.24, 2.45) is 5.92 Å². The molecule has 0 spiro atoms. The van der Waals surface area contributed by atoms with Gasteiger partial charge in [-0.25, -0.2) is 14.4 Å². The minimum atomic E-state index is -0.559. The maximum absolute atomic E-state index is 14.6. The van der Waals surface area contributed by atoms with Crippen molar-refractivity contribution in [3.63, 3.8) is 0 Å². The summed E-state index contributed by atoms with van der Waals surface area (Å²) in [6.07, 6.45) is 7.60. The standard InChI is InChI=1S/C20H21ClFN7O/c1-12-8-15(27-18-11-23-17(21)10-24-18)16(9-12)28(2)20(30)13-4-3-5-14(22)19(13)29-25-6-7-26-29/h3-7,10-12,15-16H,8-9H2,1-2H3,(H,24,27). The van der Waals surface area contributed by atoms with E-state index in [1.807, 2.05) is 0 Å². The summed E-state index contributed by atoms with van der Waals surface area (Å²) >= 11 is 5.81. The lowest BCUT2D eigenvalue weighted by Gasteiger charge is -2.31. The molecule has 30 heavy (non-hydrogen) atoms. The molecule has 2 aromatic heterocycles. The second kappa shape index (κ2) is 8.35. The van der Waals surface area contributed by atoms with Crippen LogP contribution in [-0.4, -0.2) is 54.9 Å². The van der Waals surface area contributed by atoms with Crippen molar-refractivity contribution in [2.75, 3.05) is 12.4 Å². The average molecular weight is 430 g/mol. The van der Waals surface area contributed by atoms with Gasteiger partial charge in [-0.2, -0.15) is 10.2 Å². The molecule has 0 aliphatic heterocycles. The van der Waals surface area contributed by atoms with Crippen LogP contribution in [0.15, 0.2) is 43.0 Å². The quantitative estimate of drug-likeness (QED) is 0.670. The number of benzene rings is 1. The number of halogens is 2. The number of nitrogens with zero attached hydrogens (tertiary/aromatic N) is 6. The van der Waals surface area contributed by atoms with Gasteiger partial charge in [0, 0.05) is 13.1 Å². The summed E-state index contributed by atoms with van der Waals surface area (Å²) in [6.45, 7) is 2.14. The third kappa shape index (κ3) is 3.97. The molecule has 1 aliphatic rings. The lowest BCUT2D eigenvalue weighted by molar-refractivity contribution is 0.0724. The van der Waals surface area contributed by atoms with Crippen LogP contribution in [-0.2, 0) is 0 Å². The van der Waals surface area contributed by atoms with E-state index in [1.54, 1.807) is 24.2 Å². The third-order valence-corrected chi connectivity index (χ3v) is 5.57. The lowest BCUT2D eigenvalue weighted by atomic mass is 10.1. The van der Waals surface area contributed by atoms with E-state index in [1.165, 1.54) is 30.7 Å². The molecule has 0 radical (unpaired) electrons. The summed E-state index contributed by atoms with van der Waals surface area (Å²) in [5, 5.41) is 11.7. The van der Waals surface area contributed by atoms with Crippen LogP contribution in [0.4, 0.5) is 10.2 Å². The fourth-order valence-electron chi connectivity index (χ4n) is 3.99. The van der Waals surface area contributed by atoms with E-state index in [0.717, 1.165) is 17.6 Å². The molecule has 4 rings (SSSR count). The molecule has 0 bridgehead atoms. The number of para-hydroxylation sites is 1. The van der Waals surface area contributed by atoms with Crippen LogP contribution in [0.5, 0.6) is 0 Å². The Bertz CT molecular complexity index is 1030. The largest absolute Gasteiger partial charge is 0.364 e. The van der Waals surface area contributed by atoms with Crippen molar-refractivity contribution >= 4 is 23.3 Å². The zero-order chi connectivity index (χ0) is 21.3. The van der Waals surface area contributed by atoms with Gasteiger partial charge < -0.3 is 10.2 Å². The molecule has 2 heterocycles. The molecule has 1 amide bonds. The van der Waals surface area contributed by atoms with Gasteiger partial charge in [0.15, 0.2) is 5.82 Å². The van der Waals surface area contributed by atoms with E-state index < -0.39 is 5.82 Å². The SMILES string of the molecule is CC1CC(Nc2cnc(Cl)cn2)C(N(C)C(=O)c2cccc(F)c2-n2nccn2)C1. The number of rotatable bonds is 5. The van der Waals surface area contributed by atoms with E-state index >= 15 is 0 Å². The van der Waals surface area contributed by atoms with Gasteiger partial charge in [0.1, 0.15) is 16.7 Å². The Labute approximate surface area is 178 Å². The number of likely N-dealkylation sites (N-methyl/N-ethyl adjacent to an activating group) is 1. The van der Waals surface area contributed by atoms with Gasteiger partial charge in [-0.15, -0.1) is 4.80 Å². The first kappa shape index (κ1) is 20.2. The average Bonchev–Trinajstić information content (AvgIpc) is 3.38. The van der Waals surface area contributed by atoms with Gasteiger partial charge in [0.05, 0.1) is 36.4 Å². The molecule has 1 aromatic carbocycles. The minimum absolute atomic E-state index is 0.0238. The van der Waals surface area contributed by atoms with E-state index in [4.69, 9.17) is 11.6 Å². The highest BCUT2D eigenvalue weighted by atomic mass is 35.5. The summed E-state index contributed by atoms with van der Waals surface area (Å²) in [6, 6.07) is 4.26. The van der Waals surface area contributed by atoms with Crippen LogP contribution < -0.4 is 5.32 Å². The van der Waals surface area contributed by atoms with Crippen molar-refractivity contribution in [3.05, 3.63) is 59.5 Å². The summed E-state index contributed by atoms with van der Waals surface area (Å²) in [5.74, 6) is 0.144. The van der Waals surface area contributed by atoms with Gasteiger partial charge in [0.2, 0.25) is 0 Å². The Morgan fingerprint density at radius 1 is 1.23 bits per heavy atom. The zero-order valence-electron chi connectivity index (χ0n) is 16.5. The third-order valence-electron chi connectivity index (χ3n) is 5.37. The van der Waals surface area contributed by atoms with Crippen LogP contribution in [0.2, 0.25) is 5.15 Å². The second-order valence-electron chi connectivity index (χ2n) is 7.49. The van der Waals surface area contributed by atoms with Crippen LogP contribution in [0.25, 0.3) is 5.69 Å². The summed E-state index contributed by atoms with van der Waals surface area (Å²) in [4.78, 5) is 24.4. The Morgan fingerprint density at radius 2 is 2.00 bits per heavy atom. The van der Waals surface area contributed by atoms with E-state index in [-0.39, 0.29) is 29.2 Å². The van der Waals surface area contributed by atoms with Crippen LogP contribution in [0.1, 0.15) is 30.1 Å². The predicted molar refractivity (Wildman–Crippen MR) is 110 cm³/mol. The molecule has 1 saturated carbocycles. The van der Waals surface area contributed by atoms with Gasteiger partial charge in [-0.1, -0.05) is 24.6 Å². The summed E-state index contributed by atoms with van der Waals surface area (Å²) < 4.78 is 14.6. The smallest absolute Gasteiger partial charge is 0.256 e. The highest BCUT2D eigenvalue weighted by molar-refractivity contribution is 6.29. The van der Waals surface area contributed by atoms with Crippen molar-refractivity contribution in [2.45, 2.75) is 31.8 Å². The van der Waals surface area contributed by atoms with Crippen molar-refractivity contribution in [1.29, 1.82) is 0 Å². The lowest BCUT2D eigenvalue weighted by Crippen LogP contribution is -2.45. The van der Waals surface area contributed by atoms with E-state index in [2.05, 4.69) is 32.4 Å². The molecule has 0 saturated heterocycles. The maximum atomic E-state index is 14.6.